The molecule has 18 heavy (non-hydrogen) atoms. The van der Waals surface area contributed by atoms with Gasteiger partial charge in [-0.3, -0.25) is 0 Å². The van der Waals surface area contributed by atoms with Crippen molar-refractivity contribution in [3.8, 4) is 0 Å². The van der Waals surface area contributed by atoms with Crippen LogP contribution in [-0.4, -0.2) is 18.8 Å². The minimum absolute atomic E-state index is 0.239. The van der Waals surface area contributed by atoms with Crippen LogP contribution in [0.1, 0.15) is 67.2 Å². The number of nitrogens with two attached hydrogens (primary N) is 1. The van der Waals surface area contributed by atoms with Crippen LogP contribution < -0.4 is 5.73 Å². The van der Waals surface area contributed by atoms with Gasteiger partial charge in [0.25, 0.3) is 0 Å². The molecule has 1 fully saturated rings. The van der Waals surface area contributed by atoms with Crippen molar-refractivity contribution in [1.82, 2.24) is 0 Å². The Labute approximate surface area is 114 Å². The molecule has 1 saturated carbocycles. The molecule has 1 aliphatic rings. The molecule has 0 spiro atoms. The summed E-state index contributed by atoms with van der Waals surface area (Å²) in [6.07, 6.45) is 4.88. The van der Waals surface area contributed by atoms with Gasteiger partial charge in [-0.2, -0.15) is 0 Å². The van der Waals surface area contributed by atoms with Crippen LogP contribution in [0, 0.1) is 16.7 Å². The average Bonchev–Trinajstić information content (AvgIpc) is 2.17. The second-order valence-corrected chi connectivity index (χ2v) is 8.26. The highest BCUT2D eigenvalue weighted by molar-refractivity contribution is 4.88. The smallest absolute Gasteiger partial charge is 0.0728 e. The summed E-state index contributed by atoms with van der Waals surface area (Å²) in [6, 6.07) is 0.239. The van der Waals surface area contributed by atoms with Crippen molar-refractivity contribution >= 4 is 0 Å². The molecule has 0 aromatic heterocycles. The minimum Gasteiger partial charge on any atom is -0.377 e. The van der Waals surface area contributed by atoms with Crippen LogP contribution >= 0.6 is 0 Å². The molecule has 0 heterocycles. The van der Waals surface area contributed by atoms with E-state index in [4.69, 9.17) is 10.5 Å². The van der Waals surface area contributed by atoms with Crippen LogP contribution in [0.15, 0.2) is 0 Å². The van der Waals surface area contributed by atoms with Crippen molar-refractivity contribution in [1.29, 1.82) is 0 Å². The average molecular weight is 255 g/mol. The molecule has 0 radical (unpaired) electrons. The van der Waals surface area contributed by atoms with Crippen molar-refractivity contribution < 1.29 is 4.74 Å². The molecule has 0 aromatic rings. The summed E-state index contributed by atoms with van der Waals surface area (Å²) in [5.41, 5.74) is 6.94. The Hall–Kier alpha value is -0.0800. The second kappa shape index (κ2) is 5.92. The topological polar surface area (TPSA) is 35.2 Å². The number of hydrogen-bond acceptors (Lipinski definition) is 2. The number of rotatable bonds is 3. The maximum absolute atomic E-state index is 6.21. The maximum Gasteiger partial charge on any atom is 0.0728 e. The first-order chi connectivity index (χ1) is 8.09. The molecule has 0 saturated heterocycles. The molecule has 0 aromatic carbocycles. The van der Waals surface area contributed by atoms with Gasteiger partial charge in [0.1, 0.15) is 0 Å². The molecule has 3 atom stereocenters. The van der Waals surface area contributed by atoms with E-state index >= 15 is 0 Å². The van der Waals surface area contributed by atoms with E-state index in [2.05, 4.69) is 41.5 Å². The lowest BCUT2D eigenvalue weighted by Gasteiger charge is -2.40. The predicted molar refractivity (Wildman–Crippen MR) is 78.6 cm³/mol. The first-order valence-electron chi connectivity index (χ1n) is 7.47. The lowest BCUT2D eigenvalue weighted by atomic mass is 9.70. The number of ether oxygens (including phenoxy) is 1. The first-order valence-corrected chi connectivity index (χ1v) is 7.47. The highest BCUT2D eigenvalue weighted by Gasteiger charge is 2.34. The zero-order valence-electron chi connectivity index (χ0n) is 13.3. The molecule has 1 rings (SSSR count). The van der Waals surface area contributed by atoms with E-state index in [9.17, 15) is 0 Å². The quantitative estimate of drug-likeness (QED) is 0.828. The lowest BCUT2D eigenvalue weighted by Crippen LogP contribution is -2.44. The molecule has 1 aliphatic carbocycles. The fourth-order valence-corrected chi connectivity index (χ4v) is 2.65. The Kier molecular flexibility index (Phi) is 5.25. The van der Waals surface area contributed by atoms with Crippen LogP contribution in [0.2, 0.25) is 0 Å². The van der Waals surface area contributed by atoms with Crippen LogP contribution in [-0.2, 0) is 4.74 Å². The van der Waals surface area contributed by atoms with E-state index < -0.39 is 0 Å². The predicted octanol–water partition coefficient (Wildman–Crippen LogP) is 3.98. The summed E-state index contributed by atoms with van der Waals surface area (Å²) in [5.74, 6) is 0.747. The molecule has 0 bridgehead atoms. The van der Waals surface area contributed by atoms with Gasteiger partial charge in [0.2, 0.25) is 0 Å². The van der Waals surface area contributed by atoms with E-state index in [1.807, 2.05) is 0 Å². The van der Waals surface area contributed by atoms with Gasteiger partial charge in [-0.1, -0.05) is 41.5 Å². The van der Waals surface area contributed by atoms with Crippen molar-refractivity contribution in [2.24, 2.45) is 22.5 Å². The van der Waals surface area contributed by atoms with Gasteiger partial charge in [-0.25, -0.2) is 0 Å². The van der Waals surface area contributed by atoms with Gasteiger partial charge in [0, 0.05) is 12.6 Å². The number of hydrogen-bond donors (Lipinski definition) is 1. The molecule has 2 heteroatoms. The molecule has 0 aliphatic heterocycles. The molecule has 3 unspecified atom stereocenters. The molecule has 2 N–H and O–H groups in total. The maximum atomic E-state index is 6.21. The fraction of sp³-hybridized carbons (Fsp3) is 1.00. The molecule has 0 amide bonds. The second-order valence-electron chi connectivity index (χ2n) is 8.26. The SMILES string of the molecule is CC(C)(C)CCOC1CC(C(C)(C)C)CCC1N. The van der Waals surface area contributed by atoms with Gasteiger partial charge in [0.15, 0.2) is 0 Å². The van der Waals surface area contributed by atoms with E-state index in [1.54, 1.807) is 0 Å². The monoisotopic (exact) mass is 255 g/mol. The van der Waals surface area contributed by atoms with Crippen molar-refractivity contribution in [3.63, 3.8) is 0 Å². The first kappa shape index (κ1) is 16.0. The summed E-state index contributed by atoms with van der Waals surface area (Å²) >= 11 is 0. The van der Waals surface area contributed by atoms with Crippen LogP contribution in [0.25, 0.3) is 0 Å². The van der Waals surface area contributed by atoms with Gasteiger partial charge in [-0.15, -0.1) is 0 Å². The van der Waals surface area contributed by atoms with E-state index in [0.29, 0.717) is 10.8 Å². The van der Waals surface area contributed by atoms with Crippen LogP contribution in [0.3, 0.4) is 0 Å². The highest BCUT2D eigenvalue weighted by Crippen LogP contribution is 2.38. The highest BCUT2D eigenvalue weighted by atomic mass is 16.5. The Balaban J connectivity index is 2.43. The molecular formula is C16H33NO. The van der Waals surface area contributed by atoms with Gasteiger partial charge in [-0.05, 0) is 42.4 Å². The molecule has 2 nitrogen and oxygen atoms in total. The van der Waals surface area contributed by atoms with Crippen LogP contribution in [0.4, 0.5) is 0 Å². The Morgan fingerprint density at radius 2 is 1.67 bits per heavy atom. The Bertz CT molecular complexity index is 249. The summed E-state index contributed by atoms with van der Waals surface area (Å²) in [5, 5.41) is 0. The van der Waals surface area contributed by atoms with E-state index in [0.717, 1.165) is 31.8 Å². The zero-order chi connectivity index (χ0) is 14.0. The zero-order valence-corrected chi connectivity index (χ0v) is 13.3. The molecule has 108 valence electrons. The Morgan fingerprint density at radius 3 is 2.17 bits per heavy atom. The van der Waals surface area contributed by atoms with Gasteiger partial charge < -0.3 is 10.5 Å². The van der Waals surface area contributed by atoms with E-state index in [-0.39, 0.29) is 12.1 Å². The Morgan fingerprint density at radius 1 is 1.06 bits per heavy atom. The standard InChI is InChI=1S/C16H33NO/c1-15(2,3)9-10-18-14-11-12(16(4,5)6)7-8-13(14)17/h12-14H,7-11,17H2,1-6H3. The third-order valence-electron chi connectivity index (χ3n) is 4.25. The van der Waals surface area contributed by atoms with Gasteiger partial charge >= 0.3 is 0 Å². The minimum atomic E-state index is 0.239. The van der Waals surface area contributed by atoms with E-state index in [1.165, 1.54) is 6.42 Å². The molecular weight excluding hydrogens is 222 g/mol. The van der Waals surface area contributed by atoms with Crippen molar-refractivity contribution in [3.05, 3.63) is 0 Å². The fourth-order valence-electron chi connectivity index (χ4n) is 2.65. The van der Waals surface area contributed by atoms with Crippen LogP contribution in [0.5, 0.6) is 0 Å². The van der Waals surface area contributed by atoms with Crippen molar-refractivity contribution in [2.75, 3.05) is 6.61 Å². The normalized spacial score (nSPS) is 30.5. The van der Waals surface area contributed by atoms with Crippen molar-refractivity contribution in [2.45, 2.75) is 79.4 Å². The van der Waals surface area contributed by atoms with Gasteiger partial charge in [0.05, 0.1) is 6.10 Å². The third kappa shape index (κ3) is 5.27. The lowest BCUT2D eigenvalue weighted by molar-refractivity contribution is -0.0266. The summed E-state index contributed by atoms with van der Waals surface area (Å²) in [6.45, 7) is 14.6. The summed E-state index contributed by atoms with van der Waals surface area (Å²) in [4.78, 5) is 0. The summed E-state index contributed by atoms with van der Waals surface area (Å²) in [7, 11) is 0. The largest absolute Gasteiger partial charge is 0.377 e. The summed E-state index contributed by atoms with van der Waals surface area (Å²) < 4.78 is 6.07. The third-order valence-corrected chi connectivity index (χ3v) is 4.25.